The number of likely N-dealkylation sites (tertiary alicyclic amines) is 1. The summed E-state index contributed by atoms with van der Waals surface area (Å²) >= 11 is 0. The van der Waals surface area contributed by atoms with Gasteiger partial charge in [0.25, 0.3) is 0 Å². The van der Waals surface area contributed by atoms with E-state index in [1.54, 1.807) is 0 Å². The predicted octanol–water partition coefficient (Wildman–Crippen LogP) is 2.04. The Labute approximate surface area is 167 Å². The Morgan fingerprint density at radius 1 is 1.14 bits per heavy atom. The molecule has 3 fully saturated rings. The molecule has 1 saturated carbocycles. The lowest BCUT2D eigenvalue weighted by Gasteiger charge is -2.42. The van der Waals surface area contributed by atoms with Crippen molar-refractivity contribution in [1.29, 1.82) is 0 Å². The van der Waals surface area contributed by atoms with Gasteiger partial charge in [-0.25, -0.2) is 4.79 Å². The number of hydrogen-bond donors (Lipinski definition) is 1. The van der Waals surface area contributed by atoms with Crippen LogP contribution in [0.2, 0.25) is 0 Å². The fourth-order valence-electron chi connectivity index (χ4n) is 4.48. The van der Waals surface area contributed by atoms with Crippen molar-refractivity contribution in [2.45, 2.75) is 70.5 Å². The van der Waals surface area contributed by atoms with Gasteiger partial charge in [-0.1, -0.05) is 18.5 Å². The van der Waals surface area contributed by atoms with Gasteiger partial charge in [0.2, 0.25) is 5.89 Å². The summed E-state index contributed by atoms with van der Waals surface area (Å²) in [6, 6.07) is 1.33. The van der Waals surface area contributed by atoms with E-state index in [-0.39, 0.29) is 12.1 Å². The Morgan fingerprint density at radius 2 is 1.86 bits per heavy atom. The van der Waals surface area contributed by atoms with Crippen LogP contribution in [0.4, 0.5) is 4.79 Å². The molecule has 156 valence electrons. The predicted molar refractivity (Wildman–Crippen MR) is 106 cm³/mol. The summed E-state index contributed by atoms with van der Waals surface area (Å²) in [5.41, 5.74) is 0. The number of amides is 2. The van der Waals surface area contributed by atoms with Crippen molar-refractivity contribution in [2.24, 2.45) is 0 Å². The molecule has 1 aliphatic carbocycles. The standard InChI is InChI=1S/C20H34N6O2/c1-3-18-22-19(28-23-18)15(2)24-11-13-26(14-12-24)20(27)21-16-7-9-25(10-8-16)17-5-4-6-17/h15-17H,3-14H2,1-2H3,(H,21,27). The molecule has 2 aliphatic heterocycles. The minimum absolute atomic E-state index is 0.0915. The number of rotatable bonds is 5. The van der Waals surface area contributed by atoms with Crippen molar-refractivity contribution in [1.82, 2.24) is 30.2 Å². The number of piperazine rings is 1. The van der Waals surface area contributed by atoms with E-state index < -0.39 is 0 Å². The van der Waals surface area contributed by atoms with Crippen LogP contribution in [0.5, 0.6) is 0 Å². The lowest BCUT2D eigenvalue weighted by Crippen LogP contribution is -2.55. The van der Waals surface area contributed by atoms with Gasteiger partial charge < -0.3 is 19.6 Å². The average Bonchev–Trinajstić information content (AvgIpc) is 3.17. The van der Waals surface area contributed by atoms with E-state index in [1.165, 1.54) is 19.3 Å². The van der Waals surface area contributed by atoms with Crippen LogP contribution >= 0.6 is 0 Å². The molecule has 1 unspecified atom stereocenters. The van der Waals surface area contributed by atoms with Crippen LogP contribution in [-0.2, 0) is 6.42 Å². The van der Waals surface area contributed by atoms with Gasteiger partial charge in [-0.2, -0.15) is 4.98 Å². The number of nitrogens with zero attached hydrogens (tertiary/aromatic N) is 5. The monoisotopic (exact) mass is 390 g/mol. The number of aryl methyl sites for hydroxylation is 1. The molecule has 0 aromatic carbocycles. The Balaban J connectivity index is 1.19. The van der Waals surface area contributed by atoms with Crippen LogP contribution in [0.3, 0.4) is 0 Å². The summed E-state index contributed by atoms with van der Waals surface area (Å²) < 4.78 is 5.38. The van der Waals surface area contributed by atoms with E-state index in [0.717, 1.165) is 70.4 Å². The van der Waals surface area contributed by atoms with Crippen LogP contribution in [-0.4, -0.2) is 82.2 Å². The topological polar surface area (TPSA) is 77.7 Å². The van der Waals surface area contributed by atoms with Crippen molar-refractivity contribution in [3.05, 3.63) is 11.7 Å². The third-order valence-corrected chi connectivity index (χ3v) is 6.75. The quantitative estimate of drug-likeness (QED) is 0.829. The maximum Gasteiger partial charge on any atom is 0.317 e. The number of piperidine rings is 1. The van der Waals surface area contributed by atoms with Gasteiger partial charge in [-0.3, -0.25) is 4.90 Å². The molecule has 1 aromatic rings. The zero-order valence-electron chi connectivity index (χ0n) is 17.3. The minimum atomic E-state index is 0.0915. The second kappa shape index (κ2) is 8.78. The third kappa shape index (κ3) is 4.33. The summed E-state index contributed by atoms with van der Waals surface area (Å²) in [7, 11) is 0. The Bertz CT molecular complexity index is 645. The molecule has 8 heteroatoms. The van der Waals surface area contributed by atoms with Crippen molar-refractivity contribution in [2.75, 3.05) is 39.3 Å². The van der Waals surface area contributed by atoms with Crippen molar-refractivity contribution in [3.8, 4) is 0 Å². The number of aromatic nitrogens is 2. The molecule has 1 aromatic heterocycles. The second-order valence-corrected chi connectivity index (χ2v) is 8.45. The maximum absolute atomic E-state index is 12.7. The van der Waals surface area contributed by atoms with Crippen LogP contribution in [0.15, 0.2) is 4.52 Å². The van der Waals surface area contributed by atoms with E-state index in [9.17, 15) is 4.79 Å². The zero-order chi connectivity index (χ0) is 19.5. The highest BCUT2D eigenvalue weighted by atomic mass is 16.5. The molecule has 4 rings (SSSR count). The van der Waals surface area contributed by atoms with Gasteiger partial charge in [0.15, 0.2) is 5.82 Å². The third-order valence-electron chi connectivity index (χ3n) is 6.75. The van der Waals surface area contributed by atoms with Gasteiger partial charge in [0.1, 0.15) is 0 Å². The van der Waals surface area contributed by atoms with Crippen LogP contribution in [0.1, 0.15) is 63.7 Å². The first-order valence-electron chi connectivity index (χ1n) is 11.0. The number of carbonyl (C=O) groups is 1. The normalized spacial score (nSPS) is 24.1. The molecular formula is C20H34N6O2. The van der Waals surface area contributed by atoms with Gasteiger partial charge in [0.05, 0.1) is 6.04 Å². The highest BCUT2D eigenvalue weighted by Gasteiger charge is 2.31. The fourth-order valence-corrected chi connectivity index (χ4v) is 4.48. The first kappa shape index (κ1) is 19.6. The summed E-state index contributed by atoms with van der Waals surface area (Å²) in [5, 5.41) is 7.26. The number of nitrogens with one attached hydrogen (secondary N) is 1. The number of urea groups is 1. The molecule has 2 amide bonds. The number of hydrogen-bond acceptors (Lipinski definition) is 6. The van der Waals surface area contributed by atoms with Crippen LogP contribution < -0.4 is 5.32 Å². The fraction of sp³-hybridized carbons (Fsp3) is 0.850. The molecule has 0 bridgehead atoms. The summed E-state index contributed by atoms with van der Waals surface area (Å²) in [6.07, 6.45) is 7.06. The molecule has 0 spiro atoms. The van der Waals surface area contributed by atoms with E-state index >= 15 is 0 Å². The first-order chi connectivity index (χ1) is 13.6. The molecule has 1 N–H and O–H groups in total. The smallest absolute Gasteiger partial charge is 0.317 e. The highest BCUT2D eigenvalue weighted by Crippen LogP contribution is 2.27. The average molecular weight is 391 g/mol. The summed E-state index contributed by atoms with van der Waals surface area (Å²) in [6.45, 7) is 9.52. The second-order valence-electron chi connectivity index (χ2n) is 8.45. The summed E-state index contributed by atoms with van der Waals surface area (Å²) in [5.74, 6) is 1.43. The molecule has 8 nitrogen and oxygen atoms in total. The van der Waals surface area contributed by atoms with Crippen LogP contribution in [0.25, 0.3) is 0 Å². The minimum Gasteiger partial charge on any atom is -0.338 e. The molecule has 3 aliphatic rings. The Kier molecular flexibility index (Phi) is 6.16. The lowest BCUT2D eigenvalue weighted by atomic mass is 9.89. The van der Waals surface area contributed by atoms with Gasteiger partial charge in [-0.15, -0.1) is 0 Å². The van der Waals surface area contributed by atoms with E-state index in [1.807, 2.05) is 11.8 Å². The van der Waals surface area contributed by atoms with Crippen molar-refractivity contribution < 1.29 is 9.32 Å². The molecule has 1 atom stereocenters. The lowest BCUT2D eigenvalue weighted by molar-refractivity contribution is 0.0845. The largest absolute Gasteiger partial charge is 0.338 e. The van der Waals surface area contributed by atoms with E-state index in [0.29, 0.717) is 11.9 Å². The molecular weight excluding hydrogens is 356 g/mol. The Hall–Kier alpha value is -1.67. The van der Waals surface area contributed by atoms with Crippen LogP contribution in [0, 0.1) is 0 Å². The molecule has 0 radical (unpaired) electrons. The van der Waals surface area contributed by atoms with Gasteiger partial charge in [0, 0.05) is 57.8 Å². The first-order valence-corrected chi connectivity index (χ1v) is 11.0. The van der Waals surface area contributed by atoms with E-state index in [2.05, 4.69) is 32.2 Å². The highest BCUT2D eigenvalue weighted by molar-refractivity contribution is 5.74. The number of carbonyl (C=O) groups excluding carboxylic acids is 1. The molecule has 3 heterocycles. The maximum atomic E-state index is 12.7. The Morgan fingerprint density at radius 3 is 2.43 bits per heavy atom. The van der Waals surface area contributed by atoms with Crippen molar-refractivity contribution in [3.63, 3.8) is 0 Å². The van der Waals surface area contributed by atoms with Gasteiger partial charge >= 0.3 is 6.03 Å². The van der Waals surface area contributed by atoms with Crippen molar-refractivity contribution >= 4 is 6.03 Å². The zero-order valence-corrected chi connectivity index (χ0v) is 17.3. The molecule has 28 heavy (non-hydrogen) atoms. The van der Waals surface area contributed by atoms with E-state index in [4.69, 9.17) is 4.52 Å². The molecule has 2 saturated heterocycles. The SMILES string of the molecule is CCc1noc(C(C)N2CCN(C(=O)NC3CCN(C4CCC4)CC3)CC2)n1. The van der Waals surface area contributed by atoms with Gasteiger partial charge in [-0.05, 0) is 32.6 Å². The summed E-state index contributed by atoms with van der Waals surface area (Å²) in [4.78, 5) is 24.0.